The predicted octanol–water partition coefficient (Wildman–Crippen LogP) is 4.41. The van der Waals surface area contributed by atoms with Gasteiger partial charge in [0, 0.05) is 12.7 Å². The molecule has 0 aliphatic carbocycles. The van der Waals surface area contributed by atoms with Crippen molar-refractivity contribution in [1.82, 2.24) is 9.88 Å². The minimum atomic E-state index is -0.521. The molecule has 0 bridgehead atoms. The Hall–Kier alpha value is -1.53. The third kappa shape index (κ3) is 4.74. The number of nitrogens with one attached hydrogen (secondary N) is 1. The third-order valence-corrected chi connectivity index (χ3v) is 4.20. The molecule has 0 spiro atoms. The van der Waals surface area contributed by atoms with Crippen LogP contribution >= 0.6 is 46.4 Å². The number of carbonyl (C=O) groups is 2. The summed E-state index contributed by atoms with van der Waals surface area (Å²) in [6, 6.07) is 7.61. The molecular formula is C15H11Cl4N3O2. The quantitative estimate of drug-likeness (QED) is 0.765. The van der Waals surface area contributed by atoms with E-state index in [4.69, 9.17) is 46.4 Å². The minimum Gasteiger partial charge on any atom is -0.331 e. The molecule has 9 heteroatoms. The van der Waals surface area contributed by atoms with Crippen molar-refractivity contribution < 1.29 is 9.59 Å². The summed E-state index contributed by atoms with van der Waals surface area (Å²) >= 11 is 23.4. The topological polar surface area (TPSA) is 62.3 Å². The molecule has 0 saturated carbocycles. The summed E-state index contributed by atoms with van der Waals surface area (Å²) in [6.45, 7) is -0.205. The van der Waals surface area contributed by atoms with Crippen molar-refractivity contribution in [1.29, 1.82) is 0 Å². The molecule has 0 fully saturated rings. The highest BCUT2D eigenvalue weighted by atomic mass is 35.5. The minimum absolute atomic E-state index is 0.0194. The lowest BCUT2D eigenvalue weighted by molar-refractivity contribution is -0.116. The molecule has 1 N–H and O–H groups in total. The monoisotopic (exact) mass is 405 g/mol. The number of pyridine rings is 1. The van der Waals surface area contributed by atoms with E-state index >= 15 is 0 Å². The van der Waals surface area contributed by atoms with Crippen molar-refractivity contribution >= 4 is 63.9 Å². The number of carbonyl (C=O) groups excluding carboxylic acids is 2. The highest BCUT2D eigenvalue weighted by molar-refractivity contribution is 6.42. The van der Waals surface area contributed by atoms with Gasteiger partial charge >= 0.3 is 0 Å². The fourth-order valence-electron chi connectivity index (χ4n) is 1.81. The molecule has 2 aromatic rings. The number of likely N-dealkylation sites (N-methyl/N-ethyl adjacent to an activating group) is 1. The van der Waals surface area contributed by atoms with Gasteiger partial charge in [0.1, 0.15) is 10.8 Å². The largest absolute Gasteiger partial charge is 0.331 e. The molecule has 5 nitrogen and oxygen atoms in total. The van der Waals surface area contributed by atoms with E-state index in [0.717, 1.165) is 0 Å². The van der Waals surface area contributed by atoms with Crippen LogP contribution in [0.15, 0.2) is 30.3 Å². The Labute approximate surface area is 158 Å². The number of anilines is 1. The number of hydrogen-bond acceptors (Lipinski definition) is 3. The molecule has 0 saturated heterocycles. The van der Waals surface area contributed by atoms with Crippen LogP contribution in [-0.2, 0) is 4.79 Å². The second-order valence-corrected chi connectivity index (χ2v) is 6.41. The number of aromatic nitrogens is 1. The predicted molar refractivity (Wildman–Crippen MR) is 96.3 cm³/mol. The van der Waals surface area contributed by atoms with Gasteiger partial charge in [-0.1, -0.05) is 46.4 Å². The fourth-order valence-corrected chi connectivity index (χ4v) is 2.44. The molecule has 1 aromatic heterocycles. The fraction of sp³-hybridized carbons (Fsp3) is 0.133. The second-order valence-electron chi connectivity index (χ2n) is 4.80. The van der Waals surface area contributed by atoms with Crippen LogP contribution < -0.4 is 5.32 Å². The van der Waals surface area contributed by atoms with E-state index in [2.05, 4.69) is 10.3 Å². The summed E-state index contributed by atoms with van der Waals surface area (Å²) in [5, 5.41) is 3.60. The van der Waals surface area contributed by atoms with E-state index < -0.39 is 11.8 Å². The molecule has 0 atom stereocenters. The summed E-state index contributed by atoms with van der Waals surface area (Å²) in [4.78, 5) is 29.4. The van der Waals surface area contributed by atoms with Crippen LogP contribution in [0.5, 0.6) is 0 Å². The Kier molecular flexibility index (Phi) is 6.29. The molecule has 1 aromatic carbocycles. The zero-order valence-corrected chi connectivity index (χ0v) is 15.3. The van der Waals surface area contributed by atoms with Gasteiger partial charge in [-0.15, -0.1) is 0 Å². The average Bonchev–Trinajstić information content (AvgIpc) is 2.52. The lowest BCUT2D eigenvalue weighted by atomic mass is 10.3. The Morgan fingerprint density at radius 1 is 1.04 bits per heavy atom. The zero-order chi connectivity index (χ0) is 17.9. The van der Waals surface area contributed by atoms with Gasteiger partial charge in [-0.3, -0.25) is 9.59 Å². The number of benzene rings is 1. The molecule has 0 radical (unpaired) electrons. The van der Waals surface area contributed by atoms with E-state index in [0.29, 0.717) is 15.7 Å². The van der Waals surface area contributed by atoms with Crippen LogP contribution in [0.3, 0.4) is 0 Å². The van der Waals surface area contributed by atoms with Crippen LogP contribution in [0.4, 0.5) is 5.69 Å². The van der Waals surface area contributed by atoms with Crippen LogP contribution in [0.1, 0.15) is 10.5 Å². The van der Waals surface area contributed by atoms with E-state index in [-0.39, 0.29) is 22.4 Å². The first-order chi connectivity index (χ1) is 11.3. The van der Waals surface area contributed by atoms with E-state index in [1.807, 2.05) is 0 Å². The van der Waals surface area contributed by atoms with Crippen LogP contribution in [-0.4, -0.2) is 35.3 Å². The van der Waals surface area contributed by atoms with Crippen molar-refractivity contribution in [3.8, 4) is 0 Å². The maximum absolute atomic E-state index is 12.3. The Balaban J connectivity index is 2.04. The Morgan fingerprint density at radius 2 is 1.71 bits per heavy atom. The highest BCUT2D eigenvalue weighted by Gasteiger charge is 2.19. The van der Waals surface area contributed by atoms with E-state index in [9.17, 15) is 9.59 Å². The molecule has 0 aliphatic rings. The van der Waals surface area contributed by atoms with Gasteiger partial charge in [-0.2, -0.15) is 0 Å². The first kappa shape index (κ1) is 18.8. The lowest BCUT2D eigenvalue weighted by Crippen LogP contribution is -2.35. The number of nitrogens with zero attached hydrogens (tertiary/aromatic N) is 2. The maximum Gasteiger partial charge on any atom is 0.274 e. The van der Waals surface area contributed by atoms with Crippen molar-refractivity contribution in [2.45, 2.75) is 0 Å². The van der Waals surface area contributed by atoms with Gasteiger partial charge in [0.15, 0.2) is 0 Å². The molecule has 2 rings (SSSR count). The number of rotatable bonds is 4. The van der Waals surface area contributed by atoms with Gasteiger partial charge in [0.25, 0.3) is 5.91 Å². The molecule has 2 amide bonds. The standard InChI is InChI=1S/C15H11Cl4N3O2/c1-22(15(24)14-10(17)4-5-12(19)21-14)7-13(23)20-8-2-3-9(16)11(18)6-8/h2-6H,7H2,1H3,(H,20,23). The average molecular weight is 407 g/mol. The van der Waals surface area contributed by atoms with Crippen LogP contribution in [0.2, 0.25) is 20.2 Å². The molecule has 24 heavy (non-hydrogen) atoms. The van der Waals surface area contributed by atoms with Gasteiger partial charge in [-0.05, 0) is 30.3 Å². The van der Waals surface area contributed by atoms with E-state index in [1.54, 1.807) is 12.1 Å². The van der Waals surface area contributed by atoms with Crippen molar-refractivity contribution in [2.75, 3.05) is 18.9 Å². The van der Waals surface area contributed by atoms with Crippen molar-refractivity contribution in [3.63, 3.8) is 0 Å². The zero-order valence-electron chi connectivity index (χ0n) is 12.3. The summed E-state index contributed by atoms with van der Waals surface area (Å²) in [7, 11) is 1.45. The lowest BCUT2D eigenvalue weighted by Gasteiger charge is -2.17. The molecule has 1 heterocycles. The van der Waals surface area contributed by atoms with Crippen molar-refractivity contribution in [2.24, 2.45) is 0 Å². The summed E-state index contributed by atoms with van der Waals surface area (Å²) in [5.41, 5.74) is 0.447. The third-order valence-electron chi connectivity index (χ3n) is 2.95. The van der Waals surface area contributed by atoms with Gasteiger partial charge < -0.3 is 10.2 Å². The highest BCUT2D eigenvalue weighted by Crippen LogP contribution is 2.25. The Bertz CT molecular complexity index is 798. The molecule has 0 aliphatic heterocycles. The normalized spacial score (nSPS) is 10.4. The second kappa shape index (κ2) is 8.03. The first-order valence-electron chi connectivity index (χ1n) is 6.60. The van der Waals surface area contributed by atoms with Gasteiger partial charge in [0.05, 0.1) is 21.6 Å². The smallest absolute Gasteiger partial charge is 0.274 e. The van der Waals surface area contributed by atoms with Crippen LogP contribution in [0.25, 0.3) is 0 Å². The molecule has 0 unspecified atom stereocenters. The van der Waals surface area contributed by atoms with E-state index in [1.165, 1.54) is 30.1 Å². The van der Waals surface area contributed by atoms with Gasteiger partial charge in [-0.25, -0.2) is 4.98 Å². The maximum atomic E-state index is 12.3. The number of amides is 2. The number of halogens is 4. The Morgan fingerprint density at radius 3 is 2.38 bits per heavy atom. The first-order valence-corrected chi connectivity index (χ1v) is 8.11. The summed E-state index contributed by atoms with van der Waals surface area (Å²) < 4.78 is 0. The van der Waals surface area contributed by atoms with Gasteiger partial charge in [0.2, 0.25) is 5.91 Å². The van der Waals surface area contributed by atoms with Crippen molar-refractivity contribution in [3.05, 3.63) is 56.2 Å². The summed E-state index contributed by atoms with van der Waals surface area (Å²) in [6.07, 6.45) is 0. The number of hydrogen-bond donors (Lipinski definition) is 1. The molecular weight excluding hydrogens is 396 g/mol. The SMILES string of the molecule is CN(CC(=O)Nc1ccc(Cl)c(Cl)c1)C(=O)c1nc(Cl)ccc1Cl. The van der Waals surface area contributed by atoms with Crippen LogP contribution in [0, 0.1) is 0 Å². The molecule has 126 valence electrons. The summed E-state index contributed by atoms with van der Waals surface area (Å²) in [5.74, 6) is -0.936.